The number of rotatable bonds is 3. The lowest BCUT2D eigenvalue weighted by molar-refractivity contribution is 0.111. The van der Waals surface area contributed by atoms with E-state index in [-0.39, 0.29) is 0 Å². The Kier molecular flexibility index (Phi) is 3.01. The maximum atomic E-state index is 10.9. The Morgan fingerprint density at radius 3 is 2.84 bits per heavy atom. The van der Waals surface area contributed by atoms with Gasteiger partial charge in [-0.05, 0) is 29.8 Å². The van der Waals surface area contributed by atoms with Gasteiger partial charge in [-0.15, -0.1) is 0 Å². The Balaban J connectivity index is 2.00. The lowest BCUT2D eigenvalue weighted by atomic mass is 10.1. The highest BCUT2D eigenvalue weighted by molar-refractivity contribution is 6.30. The Hall–Kier alpha value is -2.20. The van der Waals surface area contributed by atoms with E-state index in [1.165, 1.54) is 0 Å². The molecule has 0 aliphatic heterocycles. The maximum absolute atomic E-state index is 10.9. The summed E-state index contributed by atoms with van der Waals surface area (Å²) < 4.78 is 1.55. The molecule has 3 rings (SSSR count). The molecule has 1 aromatic carbocycles. The highest BCUT2D eigenvalue weighted by Gasteiger charge is 2.07. The molecule has 0 fully saturated rings. The van der Waals surface area contributed by atoms with E-state index in [2.05, 4.69) is 10.1 Å². The molecular weight excluding hydrogens is 262 g/mol. The summed E-state index contributed by atoms with van der Waals surface area (Å²) >= 11 is 5.95. The summed E-state index contributed by atoms with van der Waals surface area (Å²) in [5.41, 5.74) is 2.19. The molecule has 0 radical (unpaired) electrons. The molecule has 0 bridgehead atoms. The third-order valence-corrected chi connectivity index (χ3v) is 3.04. The van der Waals surface area contributed by atoms with Crippen molar-refractivity contribution in [1.82, 2.24) is 14.6 Å². The minimum absolute atomic E-state index is 0.488. The van der Waals surface area contributed by atoms with Crippen LogP contribution in [-0.2, 0) is 6.42 Å². The number of hydrogen-bond donors (Lipinski definition) is 0. The summed E-state index contributed by atoms with van der Waals surface area (Å²) in [5, 5.41) is 5.03. The second-order valence-electron chi connectivity index (χ2n) is 4.17. The van der Waals surface area contributed by atoms with Gasteiger partial charge in [-0.1, -0.05) is 29.8 Å². The Morgan fingerprint density at radius 2 is 2.05 bits per heavy atom. The third kappa shape index (κ3) is 2.35. The predicted octanol–water partition coefficient (Wildman–Crippen LogP) is 2.79. The summed E-state index contributed by atoms with van der Waals surface area (Å²) in [5.74, 6) is 0.663. The van der Waals surface area contributed by atoms with Crippen molar-refractivity contribution in [3.63, 3.8) is 0 Å². The summed E-state index contributed by atoms with van der Waals surface area (Å²) in [4.78, 5) is 15.3. The van der Waals surface area contributed by atoms with Crippen LogP contribution in [0.1, 0.15) is 21.9 Å². The molecule has 0 aliphatic rings. The van der Waals surface area contributed by atoms with Gasteiger partial charge < -0.3 is 0 Å². The molecule has 0 spiro atoms. The molecule has 2 aromatic heterocycles. The van der Waals surface area contributed by atoms with Gasteiger partial charge in [-0.3, -0.25) is 4.79 Å². The van der Waals surface area contributed by atoms with Crippen LogP contribution < -0.4 is 0 Å². The van der Waals surface area contributed by atoms with Crippen LogP contribution >= 0.6 is 11.6 Å². The number of benzene rings is 1. The molecular formula is C14H10ClN3O. The summed E-state index contributed by atoms with van der Waals surface area (Å²) in [6.45, 7) is 0. The number of hydrogen-bond acceptors (Lipinski definition) is 3. The van der Waals surface area contributed by atoms with Crippen molar-refractivity contribution in [2.24, 2.45) is 0 Å². The topological polar surface area (TPSA) is 47.3 Å². The van der Waals surface area contributed by atoms with Gasteiger partial charge >= 0.3 is 0 Å². The zero-order valence-electron chi connectivity index (χ0n) is 9.95. The van der Waals surface area contributed by atoms with Gasteiger partial charge in [0, 0.05) is 11.4 Å². The molecule has 0 unspecified atom stereocenters. The fraction of sp³-hybridized carbons (Fsp3) is 0.0714. The van der Waals surface area contributed by atoms with Gasteiger partial charge in [0.05, 0.1) is 0 Å². The lowest BCUT2D eigenvalue weighted by Crippen LogP contribution is -1.97. The van der Waals surface area contributed by atoms with Crippen LogP contribution in [0.25, 0.3) is 5.65 Å². The average Bonchev–Trinajstić information content (AvgIpc) is 2.80. The molecule has 2 heterocycles. The van der Waals surface area contributed by atoms with Crippen molar-refractivity contribution in [2.45, 2.75) is 6.42 Å². The molecule has 0 saturated carbocycles. The number of aldehydes is 1. The standard InChI is InChI=1S/C14H10ClN3O/c15-11-4-1-3-10(7-11)8-13-16-14-6-2-5-12(9-19)18(14)17-13/h1-7,9H,8H2. The van der Waals surface area contributed by atoms with Crippen molar-refractivity contribution in [1.29, 1.82) is 0 Å². The Morgan fingerprint density at radius 1 is 1.21 bits per heavy atom. The molecule has 19 heavy (non-hydrogen) atoms. The van der Waals surface area contributed by atoms with Crippen molar-refractivity contribution in [2.75, 3.05) is 0 Å². The molecule has 0 aliphatic carbocycles. The van der Waals surface area contributed by atoms with E-state index in [0.717, 1.165) is 11.8 Å². The summed E-state index contributed by atoms with van der Waals surface area (Å²) in [7, 11) is 0. The van der Waals surface area contributed by atoms with E-state index in [9.17, 15) is 4.79 Å². The average molecular weight is 272 g/mol. The molecule has 0 N–H and O–H groups in total. The smallest absolute Gasteiger partial charge is 0.168 e. The summed E-state index contributed by atoms with van der Waals surface area (Å²) in [6.07, 6.45) is 1.35. The highest BCUT2D eigenvalue weighted by atomic mass is 35.5. The molecule has 94 valence electrons. The van der Waals surface area contributed by atoms with Gasteiger partial charge in [-0.2, -0.15) is 5.10 Å². The van der Waals surface area contributed by atoms with Gasteiger partial charge in [0.2, 0.25) is 0 Å². The van der Waals surface area contributed by atoms with Crippen LogP contribution in [0.4, 0.5) is 0 Å². The first-order chi connectivity index (χ1) is 9.26. The van der Waals surface area contributed by atoms with Gasteiger partial charge in [0.25, 0.3) is 0 Å². The molecule has 0 saturated heterocycles. The molecule has 0 atom stereocenters. The van der Waals surface area contributed by atoms with Crippen LogP contribution in [0.15, 0.2) is 42.5 Å². The van der Waals surface area contributed by atoms with E-state index in [0.29, 0.717) is 28.6 Å². The molecule has 0 amide bonds. The van der Waals surface area contributed by atoms with Crippen LogP contribution in [-0.4, -0.2) is 20.9 Å². The van der Waals surface area contributed by atoms with Gasteiger partial charge in [0.1, 0.15) is 5.69 Å². The predicted molar refractivity (Wildman–Crippen MR) is 72.6 cm³/mol. The zero-order chi connectivity index (χ0) is 13.2. The Bertz CT molecular complexity index is 751. The van der Waals surface area contributed by atoms with Gasteiger partial charge in [0.15, 0.2) is 17.8 Å². The normalized spacial score (nSPS) is 10.8. The molecule has 4 nitrogen and oxygen atoms in total. The minimum atomic E-state index is 0.488. The van der Waals surface area contributed by atoms with Crippen LogP contribution in [0.2, 0.25) is 5.02 Å². The van der Waals surface area contributed by atoms with E-state index in [1.807, 2.05) is 30.3 Å². The van der Waals surface area contributed by atoms with Crippen LogP contribution in [0.5, 0.6) is 0 Å². The quantitative estimate of drug-likeness (QED) is 0.688. The zero-order valence-corrected chi connectivity index (χ0v) is 10.7. The van der Waals surface area contributed by atoms with Crippen molar-refractivity contribution in [3.8, 4) is 0 Å². The molecule has 3 aromatic rings. The van der Waals surface area contributed by atoms with E-state index < -0.39 is 0 Å². The third-order valence-electron chi connectivity index (χ3n) is 2.80. The van der Waals surface area contributed by atoms with Crippen molar-refractivity contribution in [3.05, 3.63) is 64.6 Å². The number of carbonyl (C=O) groups is 1. The Labute approximate surface area is 114 Å². The van der Waals surface area contributed by atoms with E-state index in [1.54, 1.807) is 16.6 Å². The number of nitrogens with zero attached hydrogens (tertiary/aromatic N) is 3. The first-order valence-corrected chi connectivity index (χ1v) is 6.18. The van der Waals surface area contributed by atoms with Gasteiger partial charge in [-0.25, -0.2) is 9.50 Å². The monoisotopic (exact) mass is 271 g/mol. The van der Waals surface area contributed by atoms with E-state index in [4.69, 9.17) is 11.6 Å². The minimum Gasteiger partial charge on any atom is -0.296 e. The number of aromatic nitrogens is 3. The second kappa shape index (κ2) is 4.82. The largest absolute Gasteiger partial charge is 0.296 e. The highest BCUT2D eigenvalue weighted by Crippen LogP contribution is 2.14. The maximum Gasteiger partial charge on any atom is 0.168 e. The van der Waals surface area contributed by atoms with Crippen molar-refractivity contribution >= 4 is 23.5 Å². The van der Waals surface area contributed by atoms with Crippen LogP contribution in [0, 0.1) is 0 Å². The fourth-order valence-corrected chi connectivity index (χ4v) is 2.18. The SMILES string of the molecule is O=Cc1cccc2nc(Cc3cccc(Cl)c3)nn12. The molecule has 5 heteroatoms. The summed E-state index contributed by atoms with van der Waals surface area (Å²) in [6, 6.07) is 12.9. The number of pyridine rings is 1. The van der Waals surface area contributed by atoms with Crippen molar-refractivity contribution < 1.29 is 4.79 Å². The lowest BCUT2D eigenvalue weighted by Gasteiger charge is -1.97. The second-order valence-corrected chi connectivity index (χ2v) is 4.61. The first-order valence-electron chi connectivity index (χ1n) is 5.80. The van der Waals surface area contributed by atoms with E-state index >= 15 is 0 Å². The number of halogens is 1. The number of carbonyl (C=O) groups excluding carboxylic acids is 1. The fourth-order valence-electron chi connectivity index (χ4n) is 1.96. The number of fused-ring (bicyclic) bond motifs is 1. The van der Waals surface area contributed by atoms with Crippen LogP contribution in [0.3, 0.4) is 0 Å². The first kappa shape index (κ1) is 11.9.